The molecule has 0 fully saturated rings. The SMILES string of the molecule is CCCn1cc(S(=O)(=O)Nc2ncccn2)cc1CO. The highest BCUT2D eigenvalue weighted by atomic mass is 32.2. The lowest BCUT2D eigenvalue weighted by Crippen LogP contribution is -2.14. The highest BCUT2D eigenvalue weighted by Crippen LogP contribution is 2.17. The van der Waals surface area contributed by atoms with Crippen LogP contribution in [-0.4, -0.2) is 28.1 Å². The van der Waals surface area contributed by atoms with E-state index in [1.54, 1.807) is 10.6 Å². The molecule has 7 nitrogen and oxygen atoms in total. The maximum Gasteiger partial charge on any atom is 0.265 e. The highest BCUT2D eigenvalue weighted by molar-refractivity contribution is 7.92. The van der Waals surface area contributed by atoms with Crippen molar-refractivity contribution >= 4 is 16.0 Å². The van der Waals surface area contributed by atoms with Crippen molar-refractivity contribution in [3.05, 3.63) is 36.4 Å². The van der Waals surface area contributed by atoms with Crippen molar-refractivity contribution in [1.29, 1.82) is 0 Å². The molecule has 0 atom stereocenters. The molecule has 8 heteroatoms. The number of hydrogen-bond acceptors (Lipinski definition) is 5. The molecular weight excluding hydrogens is 280 g/mol. The Labute approximate surface area is 117 Å². The molecule has 0 aliphatic heterocycles. The van der Waals surface area contributed by atoms with Crippen molar-refractivity contribution in [1.82, 2.24) is 14.5 Å². The van der Waals surface area contributed by atoms with E-state index < -0.39 is 10.0 Å². The van der Waals surface area contributed by atoms with Crippen molar-refractivity contribution in [3.8, 4) is 0 Å². The van der Waals surface area contributed by atoms with Gasteiger partial charge in [-0.05, 0) is 18.6 Å². The molecule has 2 rings (SSSR count). The second-order valence-corrected chi connectivity index (χ2v) is 5.88. The van der Waals surface area contributed by atoms with Gasteiger partial charge in [-0.25, -0.2) is 23.1 Å². The molecule has 0 spiro atoms. The minimum absolute atomic E-state index is 0.0151. The van der Waals surface area contributed by atoms with Gasteiger partial charge in [0.25, 0.3) is 10.0 Å². The fourth-order valence-electron chi connectivity index (χ4n) is 1.78. The lowest BCUT2D eigenvalue weighted by atomic mass is 10.4. The normalized spacial score (nSPS) is 11.5. The summed E-state index contributed by atoms with van der Waals surface area (Å²) in [6.45, 7) is 2.41. The molecule has 2 aromatic heterocycles. The smallest absolute Gasteiger partial charge is 0.265 e. The van der Waals surface area contributed by atoms with Crippen molar-refractivity contribution in [2.45, 2.75) is 31.4 Å². The molecule has 20 heavy (non-hydrogen) atoms. The molecular formula is C12H16N4O3S. The zero-order valence-corrected chi connectivity index (χ0v) is 11.8. The number of aliphatic hydroxyl groups is 1. The van der Waals surface area contributed by atoms with E-state index in [0.29, 0.717) is 12.2 Å². The van der Waals surface area contributed by atoms with Crippen LogP contribution in [0.3, 0.4) is 0 Å². The second kappa shape index (κ2) is 6.02. The fourth-order valence-corrected chi connectivity index (χ4v) is 2.81. The van der Waals surface area contributed by atoms with Gasteiger partial charge in [0.2, 0.25) is 5.95 Å². The van der Waals surface area contributed by atoms with E-state index in [2.05, 4.69) is 14.7 Å². The highest BCUT2D eigenvalue weighted by Gasteiger charge is 2.19. The van der Waals surface area contributed by atoms with E-state index in [0.717, 1.165) is 6.42 Å². The van der Waals surface area contributed by atoms with Gasteiger partial charge in [0.05, 0.1) is 6.61 Å². The van der Waals surface area contributed by atoms with E-state index in [9.17, 15) is 13.5 Å². The number of sulfonamides is 1. The number of rotatable bonds is 6. The van der Waals surface area contributed by atoms with Gasteiger partial charge in [-0.3, -0.25) is 0 Å². The number of nitrogens with zero attached hydrogens (tertiary/aromatic N) is 3. The third-order valence-electron chi connectivity index (χ3n) is 2.69. The number of hydrogen-bond donors (Lipinski definition) is 2. The molecule has 0 saturated carbocycles. The third kappa shape index (κ3) is 3.14. The van der Waals surface area contributed by atoms with Gasteiger partial charge in [0.15, 0.2) is 0 Å². The molecule has 108 valence electrons. The summed E-state index contributed by atoms with van der Waals surface area (Å²) in [4.78, 5) is 7.72. The fraction of sp³-hybridized carbons (Fsp3) is 0.333. The molecule has 2 heterocycles. The first-order valence-electron chi connectivity index (χ1n) is 6.16. The number of anilines is 1. The molecule has 2 N–H and O–H groups in total. The van der Waals surface area contributed by atoms with Gasteiger partial charge in [0, 0.05) is 30.8 Å². The number of aromatic nitrogens is 3. The maximum absolute atomic E-state index is 12.2. The van der Waals surface area contributed by atoms with Gasteiger partial charge in [-0.1, -0.05) is 6.92 Å². The molecule has 0 unspecified atom stereocenters. The van der Waals surface area contributed by atoms with Crippen LogP contribution in [0, 0.1) is 0 Å². The predicted octanol–water partition coefficient (Wildman–Crippen LogP) is 0.981. The Balaban J connectivity index is 2.30. The Morgan fingerprint density at radius 1 is 1.35 bits per heavy atom. The van der Waals surface area contributed by atoms with Gasteiger partial charge >= 0.3 is 0 Å². The van der Waals surface area contributed by atoms with Crippen LogP contribution < -0.4 is 4.72 Å². The Morgan fingerprint density at radius 3 is 2.65 bits per heavy atom. The topological polar surface area (TPSA) is 97.1 Å². The first-order chi connectivity index (χ1) is 9.56. The van der Waals surface area contributed by atoms with Crippen LogP contribution in [0.2, 0.25) is 0 Å². The van der Waals surface area contributed by atoms with Crippen molar-refractivity contribution in [2.24, 2.45) is 0 Å². The predicted molar refractivity (Wildman–Crippen MR) is 73.5 cm³/mol. The zero-order chi connectivity index (χ0) is 14.6. The molecule has 2 aromatic rings. The van der Waals surface area contributed by atoms with E-state index in [1.807, 2.05) is 6.92 Å². The average molecular weight is 296 g/mol. The van der Waals surface area contributed by atoms with Gasteiger partial charge < -0.3 is 9.67 Å². The van der Waals surface area contributed by atoms with Gasteiger partial charge in [-0.15, -0.1) is 0 Å². The Bertz CT molecular complexity index is 667. The van der Waals surface area contributed by atoms with Crippen molar-refractivity contribution < 1.29 is 13.5 Å². The second-order valence-electron chi connectivity index (χ2n) is 4.20. The minimum Gasteiger partial charge on any atom is -0.390 e. The van der Waals surface area contributed by atoms with Crippen molar-refractivity contribution in [3.63, 3.8) is 0 Å². The summed E-state index contributed by atoms with van der Waals surface area (Å²) in [5.41, 5.74) is 0.557. The summed E-state index contributed by atoms with van der Waals surface area (Å²) < 4.78 is 28.4. The largest absolute Gasteiger partial charge is 0.390 e. The van der Waals surface area contributed by atoms with Crippen LogP contribution in [-0.2, 0) is 23.2 Å². The third-order valence-corrected chi connectivity index (χ3v) is 3.98. The first-order valence-corrected chi connectivity index (χ1v) is 7.65. The monoisotopic (exact) mass is 296 g/mol. The minimum atomic E-state index is -3.75. The van der Waals surface area contributed by atoms with Crippen LogP contribution in [0.25, 0.3) is 0 Å². The number of aliphatic hydroxyl groups excluding tert-OH is 1. The average Bonchev–Trinajstić information content (AvgIpc) is 2.84. The summed E-state index contributed by atoms with van der Waals surface area (Å²) in [6.07, 6.45) is 5.25. The molecule has 0 aliphatic rings. The van der Waals surface area contributed by atoms with Crippen LogP contribution >= 0.6 is 0 Å². The molecule has 0 saturated heterocycles. The Morgan fingerprint density at radius 2 is 2.05 bits per heavy atom. The van der Waals surface area contributed by atoms with Crippen LogP contribution in [0.15, 0.2) is 35.6 Å². The quantitative estimate of drug-likeness (QED) is 0.828. The molecule has 0 aliphatic carbocycles. The lowest BCUT2D eigenvalue weighted by molar-refractivity contribution is 0.270. The summed E-state index contributed by atoms with van der Waals surface area (Å²) in [5, 5.41) is 9.25. The van der Waals surface area contributed by atoms with E-state index in [1.165, 1.54) is 24.7 Å². The molecule has 0 amide bonds. The van der Waals surface area contributed by atoms with Crippen LogP contribution in [0.4, 0.5) is 5.95 Å². The summed E-state index contributed by atoms with van der Waals surface area (Å²) in [5.74, 6) is 0.0151. The molecule has 0 bridgehead atoms. The van der Waals surface area contributed by atoms with Gasteiger partial charge in [-0.2, -0.15) is 0 Å². The number of nitrogens with one attached hydrogen (secondary N) is 1. The number of aryl methyl sites for hydroxylation is 1. The van der Waals surface area contributed by atoms with Crippen LogP contribution in [0.1, 0.15) is 19.0 Å². The lowest BCUT2D eigenvalue weighted by Gasteiger charge is -2.04. The van der Waals surface area contributed by atoms with Crippen LogP contribution in [0.5, 0.6) is 0 Å². The van der Waals surface area contributed by atoms with Gasteiger partial charge in [0.1, 0.15) is 4.90 Å². The summed E-state index contributed by atoms with van der Waals surface area (Å²) in [6, 6.07) is 3.04. The van der Waals surface area contributed by atoms with E-state index in [-0.39, 0.29) is 17.5 Å². The van der Waals surface area contributed by atoms with E-state index in [4.69, 9.17) is 0 Å². The molecule has 0 aromatic carbocycles. The van der Waals surface area contributed by atoms with Crippen molar-refractivity contribution in [2.75, 3.05) is 4.72 Å². The maximum atomic E-state index is 12.2. The summed E-state index contributed by atoms with van der Waals surface area (Å²) in [7, 11) is -3.75. The Kier molecular flexibility index (Phi) is 4.35. The standard InChI is InChI=1S/C12H16N4O3S/c1-2-6-16-8-11(7-10(16)9-17)20(18,19)15-12-13-4-3-5-14-12/h3-5,7-8,17H,2,6,9H2,1H3,(H,13,14,15). The van der Waals surface area contributed by atoms with E-state index >= 15 is 0 Å². The Hall–Kier alpha value is -1.93. The zero-order valence-electron chi connectivity index (χ0n) is 11.0. The first kappa shape index (κ1) is 14.5. The summed E-state index contributed by atoms with van der Waals surface area (Å²) >= 11 is 0. The molecule has 0 radical (unpaired) electrons.